The highest BCUT2D eigenvalue weighted by Crippen LogP contribution is 2.19. The minimum Gasteiger partial charge on any atom is -0.462 e. The molecular weight excluding hydrogens is 805 g/mol. The summed E-state index contributed by atoms with van der Waals surface area (Å²) in [4.78, 5) is 38.2. The molecule has 0 aromatic carbocycles. The maximum Gasteiger partial charge on any atom is 0.306 e. The fraction of sp³-hybridized carbons (Fsp3) is 0.949. The summed E-state index contributed by atoms with van der Waals surface area (Å²) in [5, 5.41) is 0. The van der Waals surface area contributed by atoms with Crippen LogP contribution in [-0.4, -0.2) is 37.2 Å². The third-order valence-corrected chi connectivity index (χ3v) is 14.2. The Hall–Kier alpha value is -1.59. The third-order valence-electron chi connectivity index (χ3n) is 14.2. The predicted octanol–water partition coefficient (Wildman–Crippen LogP) is 19.3. The summed E-state index contributed by atoms with van der Waals surface area (Å²) < 4.78 is 16.9. The van der Waals surface area contributed by atoms with Gasteiger partial charge in [-0.25, -0.2) is 0 Å². The number of esters is 3. The minimum atomic E-state index is -0.763. The quantitative estimate of drug-likeness (QED) is 0.0344. The Balaban J connectivity index is 4.30. The summed E-state index contributed by atoms with van der Waals surface area (Å²) in [5.74, 6) is 0.924. The van der Waals surface area contributed by atoms with E-state index in [1.165, 1.54) is 218 Å². The Labute approximate surface area is 406 Å². The van der Waals surface area contributed by atoms with Crippen LogP contribution in [0.4, 0.5) is 0 Å². The van der Waals surface area contributed by atoms with E-state index < -0.39 is 6.10 Å². The van der Waals surface area contributed by atoms with Crippen LogP contribution in [0.15, 0.2) is 0 Å². The predicted molar refractivity (Wildman–Crippen MR) is 280 cm³/mol. The fourth-order valence-electron chi connectivity index (χ4n) is 8.99. The summed E-state index contributed by atoms with van der Waals surface area (Å²) in [5.41, 5.74) is 0. The molecule has 6 nitrogen and oxygen atoms in total. The molecule has 3 atom stereocenters. The van der Waals surface area contributed by atoms with Gasteiger partial charge in [-0.05, 0) is 31.1 Å². The Morgan fingerprint density at radius 1 is 0.308 bits per heavy atom. The first-order valence-corrected chi connectivity index (χ1v) is 29.3. The number of ether oxygens (including phenoxy) is 3. The average Bonchev–Trinajstić information content (AvgIpc) is 3.30. The molecule has 0 saturated carbocycles. The molecule has 0 bridgehead atoms. The molecule has 0 rings (SSSR count). The van der Waals surface area contributed by atoms with Crippen LogP contribution >= 0.6 is 0 Å². The molecule has 0 heterocycles. The third kappa shape index (κ3) is 50.1. The van der Waals surface area contributed by atoms with E-state index in [1.54, 1.807) is 0 Å². The van der Waals surface area contributed by atoms with Crippen molar-refractivity contribution in [1.82, 2.24) is 0 Å². The molecule has 0 aromatic heterocycles. The molecule has 0 N–H and O–H groups in total. The normalized spacial score (nSPS) is 12.9. The second kappa shape index (κ2) is 51.8. The Bertz CT molecular complexity index is 997. The highest BCUT2D eigenvalue weighted by Gasteiger charge is 2.19. The molecule has 0 aromatic rings. The van der Waals surface area contributed by atoms with Crippen molar-refractivity contribution in [3.05, 3.63) is 0 Å². The second-order valence-electron chi connectivity index (χ2n) is 20.8. The number of carbonyl (C=O) groups excluding carboxylic acids is 3. The first-order valence-electron chi connectivity index (χ1n) is 29.3. The van der Waals surface area contributed by atoms with Crippen LogP contribution in [0.25, 0.3) is 0 Å². The number of hydrogen-bond donors (Lipinski definition) is 0. The van der Waals surface area contributed by atoms with E-state index in [9.17, 15) is 14.4 Å². The van der Waals surface area contributed by atoms with Crippen molar-refractivity contribution in [2.75, 3.05) is 13.2 Å². The van der Waals surface area contributed by atoms with Crippen molar-refractivity contribution >= 4 is 17.9 Å². The molecule has 0 aliphatic heterocycles. The van der Waals surface area contributed by atoms with Crippen molar-refractivity contribution in [2.24, 2.45) is 11.8 Å². The van der Waals surface area contributed by atoms with Crippen molar-refractivity contribution in [1.29, 1.82) is 0 Å². The first-order chi connectivity index (χ1) is 31.8. The van der Waals surface area contributed by atoms with E-state index in [0.717, 1.165) is 69.6 Å². The van der Waals surface area contributed by atoms with E-state index in [0.29, 0.717) is 19.3 Å². The summed E-state index contributed by atoms with van der Waals surface area (Å²) in [6, 6.07) is 0. The minimum absolute atomic E-state index is 0.0628. The van der Waals surface area contributed by atoms with Crippen molar-refractivity contribution in [2.45, 2.75) is 336 Å². The lowest BCUT2D eigenvalue weighted by molar-refractivity contribution is -0.167. The molecule has 6 heteroatoms. The van der Waals surface area contributed by atoms with E-state index in [2.05, 4.69) is 34.6 Å². The van der Waals surface area contributed by atoms with E-state index in [4.69, 9.17) is 14.2 Å². The van der Waals surface area contributed by atoms with Crippen molar-refractivity contribution in [3.8, 4) is 0 Å². The molecule has 0 spiro atoms. The topological polar surface area (TPSA) is 78.9 Å². The number of rotatable bonds is 53. The van der Waals surface area contributed by atoms with Gasteiger partial charge < -0.3 is 14.2 Å². The molecule has 0 aliphatic carbocycles. The zero-order chi connectivity index (χ0) is 47.5. The van der Waals surface area contributed by atoms with Gasteiger partial charge in [-0.3, -0.25) is 14.4 Å². The number of hydrogen-bond acceptors (Lipinski definition) is 6. The molecule has 0 radical (unpaired) electrons. The van der Waals surface area contributed by atoms with Gasteiger partial charge in [0.05, 0.1) is 0 Å². The van der Waals surface area contributed by atoms with Gasteiger partial charge in [0.15, 0.2) is 6.10 Å². The van der Waals surface area contributed by atoms with Crippen LogP contribution in [0.1, 0.15) is 330 Å². The maximum atomic E-state index is 12.8. The van der Waals surface area contributed by atoms with Gasteiger partial charge in [0, 0.05) is 19.3 Å². The lowest BCUT2D eigenvalue weighted by atomic mass is 9.99. The van der Waals surface area contributed by atoms with Gasteiger partial charge in [0.25, 0.3) is 0 Å². The molecule has 0 aliphatic rings. The zero-order valence-corrected chi connectivity index (χ0v) is 44.6. The molecule has 386 valence electrons. The van der Waals surface area contributed by atoms with Crippen LogP contribution in [0.3, 0.4) is 0 Å². The van der Waals surface area contributed by atoms with Crippen LogP contribution in [-0.2, 0) is 28.6 Å². The molecule has 2 unspecified atom stereocenters. The van der Waals surface area contributed by atoms with Gasteiger partial charge >= 0.3 is 17.9 Å². The van der Waals surface area contributed by atoms with E-state index in [1.807, 2.05) is 0 Å². The van der Waals surface area contributed by atoms with E-state index >= 15 is 0 Å². The molecule has 0 fully saturated rings. The van der Waals surface area contributed by atoms with Crippen LogP contribution in [0.5, 0.6) is 0 Å². The Morgan fingerprint density at radius 2 is 0.538 bits per heavy atom. The smallest absolute Gasteiger partial charge is 0.306 e. The zero-order valence-electron chi connectivity index (χ0n) is 44.6. The highest BCUT2D eigenvalue weighted by molar-refractivity contribution is 5.71. The SMILES string of the molecule is CCCCCCCCCCCCCCCCCC(=O)OC[C@H](COC(=O)CCCCCCCCCCCCCCCCC(C)CC)OC(=O)CCCCCCCCCCCCC(C)CC. The maximum absolute atomic E-state index is 12.8. The highest BCUT2D eigenvalue weighted by atomic mass is 16.6. The summed E-state index contributed by atoms with van der Waals surface area (Å²) in [6.07, 6.45) is 55.0. The Morgan fingerprint density at radius 3 is 0.800 bits per heavy atom. The molecular formula is C59H114O6. The summed E-state index contributed by atoms with van der Waals surface area (Å²) in [6.45, 7) is 11.5. The molecule has 0 amide bonds. The average molecular weight is 920 g/mol. The summed E-state index contributed by atoms with van der Waals surface area (Å²) in [7, 11) is 0. The lowest BCUT2D eigenvalue weighted by Crippen LogP contribution is -2.30. The first kappa shape index (κ1) is 63.4. The van der Waals surface area contributed by atoms with E-state index in [-0.39, 0.29) is 31.1 Å². The number of carbonyl (C=O) groups is 3. The van der Waals surface area contributed by atoms with Gasteiger partial charge in [0.1, 0.15) is 13.2 Å². The second-order valence-corrected chi connectivity index (χ2v) is 20.8. The monoisotopic (exact) mass is 919 g/mol. The van der Waals surface area contributed by atoms with Crippen LogP contribution in [0, 0.1) is 11.8 Å². The van der Waals surface area contributed by atoms with Crippen LogP contribution < -0.4 is 0 Å². The van der Waals surface area contributed by atoms with Crippen molar-refractivity contribution in [3.63, 3.8) is 0 Å². The molecule has 0 saturated heterocycles. The Kier molecular flexibility index (Phi) is 50.5. The van der Waals surface area contributed by atoms with Crippen LogP contribution in [0.2, 0.25) is 0 Å². The number of unbranched alkanes of at least 4 members (excludes halogenated alkanes) is 36. The standard InChI is InChI=1S/C59H114O6/c1-6-9-10-11-12-13-14-15-16-20-23-29-34-39-44-49-57(60)63-52-56(65-59(62)51-46-41-36-31-26-25-28-33-38-43-48-55(5)8-3)53-64-58(61)50-45-40-35-30-24-21-18-17-19-22-27-32-37-42-47-54(4)7-2/h54-56H,6-53H2,1-5H3/t54?,55?,56-/m1/s1. The van der Waals surface area contributed by atoms with Crippen molar-refractivity contribution < 1.29 is 28.6 Å². The lowest BCUT2D eigenvalue weighted by Gasteiger charge is -2.18. The fourth-order valence-corrected chi connectivity index (χ4v) is 8.99. The molecule has 65 heavy (non-hydrogen) atoms. The van der Waals surface area contributed by atoms with Gasteiger partial charge in [0.2, 0.25) is 0 Å². The van der Waals surface area contributed by atoms with Gasteiger partial charge in [-0.1, -0.05) is 291 Å². The summed E-state index contributed by atoms with van der Waals surface area (Å²) >= 11 is 0. The van der Waals surface area contributed by atoms with Gasteiger partial charge in [-0.2, -0.15) is 0 Å². The van der Waals surface area contributed by atoms with Gasteiger partial charge in [-0.15, -0.1) is 0 Å². The largest absolute Gasteiger partial charge is 0.462 e.